The molecule has 0 aliphatic carbocycles. The summed E-state index contributed by atoms with van der Waals surface area (Å²) in [6.45, 7) is 33.9. The van der Waals surface area contributed by atoms with E-state index in [1.807, 2.05) is 37.2 Å². The zero-order valence-electron chi connectivity index (χ0n) is 50.0. The molecule has 9 aromatic rings. The molecule has 9 rings (SSSR count). The van der Waals surface area contributed by atoms with E-state index in [4.69, 9.17) is 29.9 Å². The second kappa shape index (κ2) is 24.9. The summed E-state index contributed by atoms with van der Waals surface area (Å²) in [6, 6.07) is 27.2. The summed E-state index contributed by atoms with van der Waals surface area (Å²) in [4.78, 5) is 42.2. The Morgan fingerprint density at radius 1 is 0.395 bits per heavy atom. The molecule has 0 saturated carbocycles. The average molecular weight is 1160 g/mol. The molecule has 424 valence electrons. The predicted octanol–water partition coefficient (Wildman–Crippen LogP) is 17.2. The zero-order valence-corrected chi connectivity index (χ0v) is 53.3. The van der Waals surface area contributed by atoms with Crippen LogP contribution in [0.3, 0.4) is 0 Å². The van der Waals surface area contributed by atoms with Gasteiger partial charge in [-0.25, -0.2) is 15.0 Å². The molecule has 0 aliphatic heterocycles. The number of nitrogens with two attached hydrogens (primary N) is 1. The minimum absolute atomic E-state index is 0. The summed E-state index contributed by atoms with van der Waals surface area (Å²) in [5, 5.41) is 2.51. The van der Waals surface area contributed by atoms with Crippen LogP contribution in [0.1, 0.15) is 147 Å². The maximum Gasteiger partial charge on any atom is 0.165 e. The molecule has 6 heterocycles. The van der Waals surface area contributed by atoms with Gasteiger partial charge >= 0.3 is 0 Å². The number of rotatable bonds is 18. The molecule has 0 radical (unpaired) electrons. The summed E-state index contributed by atoms with van der Waals surface area (Å²) in [6.07, 6.45) is 13.0. The monoisotopic (exact) mass is 1160 g/mol. The van der Waals surface area contributed by atoms with Gasteiger partial charge in [0, 0.05) is 105 Å². The Bertz CT molecular complexity index is 3190. The van der Waals surface area contributed by atoms with Crippen LogP contribution in [0.15, 0.2) is 125 Å². The number of benzene rings is 3. The predicted molar refractivity (Wildman–Crippen MR) is 343 cm³/mol. The van der Waals surface area contributed by atoms with Gasteiger partial charge in [0.1, 0.15) is 0 Å². The van der Waals surface area contributed by atoms with E-state index >= 15 is 0 Å². The fourth-order valence-corrected chi connectivity index (χ4v) is 13.8. The summed E-state index contributed by atoms with van der Waals surface area (Å²) in [5.74, 6) is 1.76. The van der Waals surface area contributed by atoms with Crippen molar-refractivity contribution in [1.82, 2.24) is 44.9 Å². The molecule has 0 saturated heterocycles. The molecule has 81 heavy (non-hydrogen) atoms. The lowest BCUT2D eigenvalue weighted by atomic mass is 9.65. The first-order chi connectivity index (χ1) is 37.9. The maximum atomic E-state index is 9.66. The number of imidazole rings is 3. The normalized spacial score (nSPS) is 12.3. The van der Waals surface area contributed by atoms with Crippen molar-refractivity contribution in [3.05, 3.63) is 194 Å². The smallest absolute Gasteiger partial charge is 0.165 e. The third-order valence-electron chi connectivity index (χ3n) is 14.5. The van der Waals surface area contributed by atoms with Crippen molar-refractivity contribution in [1.29, 1.82) is 0 Å². The molecule has 10 nitrogen and oxygen atoms in total. The van der Waals surface area contributed by atoms with Gasteiger partial charge in [-0.15, -0.1) is 12.4 Å². The van der Waals surface area contributed by atoms with Crippen LogP contribution >= 0.6 is 47.7 Å². The first kappa shape index (κ1) is 61.1. The minimum atomic E-state index is -1.52. The largest absolute Gasteiger partial charge is 0.340 e. The van der Waals surface area contributed by atoms with Gasteiger partial charge in [-0.2, -0.15) is 0 Å². The highest BCUT2D eigenvalue weighted by Crippen LogP contribution is 2.55. The SMILES string of the molecule is Cc1ccc(-c2c(CSc3ncc[nH]3)c(C)nc(CC(C)(C)C)c2C(N)(c2c(CC(C)(C)C)nc(C)c(CSc3ncc[nH]3)c2-c2ccc(C)cc2)c2c(CC(C)(C)C)nc(C)c(CSc3ncc[nH]3)c2-c2ccc(C)cc2)cc1.Cl. The number of pyridine rings is 3. The van der Waals surface area contributed by atoms with Gasteiger partial charge in [0.05, 0.1) is 5.54 Å². The van der Waals surface area contributed by atoms with E-state index in [0.717, 1.165) is 116 Å². The second-order valence-electron chi connectivity index (χ2n) is 25.3. The standard InChI is InChI=1S/C67H80N10S3.ClH/c1-40-16-22-46(23-17-40)55-49(37-78-61-69-28-29-70-61)43(4)75-52(34-64(7,8)9)58(55)67(68,59-53(35-65(10,11)12)76-44(5)50(38-79-62-71-30-31-72-62)56(59)47-24-18-41(2)19-25-47)60-54(36-66(13,14)15)77-45(6)51(39-80-63-73-32-33-74-63)57(60)48-26-20-42(3)21-27-48;/h16-33H,34-39,68H2,1-15H3,(H,69,70)(H,71,72)(H,73,74);1H. The van der Waals surface area contributed by atoms with E-state index < -0.39 is 5.54 Å². The first-order valence-corrected chi connectivity index (χ1v) is 30.8. The van der Waals surface area contributed by atoms with Crippen LogP contribution in [0.2, 0.25) is 0 Å². The van der Waals surface area contributed by atoms with Crippen molar-refractivity contribution in [2.45, 2.75) is 161 Å². The molecule has 6 aromatic heterocycles. The number of aromatic amines is 3. The third-order valence-corrected chi connectivity index (χ3v) is 17.3. The Morgan fingerprint density at radius 3 is 0.852 bits per heavy atom. The van der Waals surface area contributed by atoms with Crippen LogP contribution in [0, 0.1) is 57.8 Å². The van der Waals surface area contributed by atoms with E-state index in [1.165, 1.54) is 16.7 Å². The van der Waals surface area contributed by atoms with E-state index in [0.29, 0.717) is 36.5 Å². The number of aryl methyl sites for hydroxylation is 6. The number of hydrogen-bond donors (Lipinski definition) is 4. The van der Waals surface area contributed by atoms with Crippen LogP contribution in [-0.2, 0) is 42.1 Å². The molecule has 0 atom stereocenters. The number of hydrogen-bond acceptors (Lipinski definition) is 10. The van der Waals surface area contributed by atoms with Gasteiger partial charge < -0.3 is 20.7 Å². The quantitative estimate of drug-likeness (QED) is 0.0611. The summed E-state index contributed by atoms with van der Waals surface area (Å²) >= 11 is 5.05. The Morgan fingerprint density at radius 2 is 0.642 bits per heavy atom. The molecule has 0 bridgehead atoms. The molecule has 0 spiro atoms. The number of halogens is 1. The van der Waals surface area contributed by atoms with Gasteiger partial charge in [0.2, 0.25) is 0 Å². The molecule has 14 heteroatoms. The number of nitrogens with zero attached hydrogens (tertiary/aromatic N) is 6. The lowest BCUT2D eigenvalue weighted by molar-refractivity contribution is 0.393. The molecular weight excluding hydrogens is 1080 g/mol. The Labute approximate surface area is 500 Å². The summed E-state index contributed by atoms with van der Waals surface area (Å²) in [5.41, 5.74) is 29.4. The molecule has 3 aromatic carbocycles. The van der Waals surface area contributed by atoms with Crippen molar-refractivity contribution >= 4 is 47.7 Å². The van der Waals surface area contributed by atoms with E-state index in [-0.39, 0.29) is 28.7 Å². The molecule has 0 aliphatic rings. The van der Waals surface area contributed by atoms with E-state index in [2.05, 4.69) is 192 Å². The third kappa shape index (κ3) is 14.1. The number of aromatic nitrogens is 9. The summed E-state index contributed by atoms with van der Waals surface area (Å²) < 4.78 is 0. The van der Waals surface area contributed by atoms with E-state index in [9.17, 15) is 5.73 Å². The van der Waals surface area contributed by atoms with Crippen LogP contribution in [0.5, 0.6) is 0 Å². The van der Waals surface area contributed by atoms with Crippen molar-refractivity contribution in [3.63, 3.8) is 0 Å². The number of nitrogens with one attached hydrogen (secondary N) is 3. The number of thioether (sulfide) groups is 3. The van der Waals surface area contributed by atoms with Gasteiger partial charge in [-0.1, -0.05) is 187 Å². The average Bonchev–Trinajstić information content (AvgIpc) is 4.36. The number of H-pyrrole nitrogens is 3. The van der Waals surface area contributed by atoms with Gasteiger partial charge in [-0.3, -0.25) is 15.0 Å². The first-order valence-electron chi connectivity index (χ1n) is 27.8. The lowest BCUT2D eigenvalue weighted by Crippen LogP contribution is -2.46. The molecule has 0 unspecified atom stereocenters. The fourth-order valence-electron chi connectivity index (χ4n) is 11.0. The molecule has 0 fully saturated rings. The van der Waals surface area contributed by atoms with Gasteiger partial charge in [-0.05, 0) is 127 Å². The van der Waals surface area contributed by atoms with Crippen molar-refractivity contribution in [2.24, 2.45) is 22.0 Å². The molecule has 0 amide bonds. The minimum Gasteiger partial charge on any atom is -0.340 e. The van der Waals surface area contributed by atoms with Gasteiger partial charge in [0.25, 0.3) is 0 Å². The van der Waals surface area contributed by atoms with Crippen LogP contribution in [-0.4, -0.2) is 44.9 Å². The zero-order chi connectivity index (χ0) is 57.3. The lowest BCUT2D eigenvalue weighted by Gasteiger charge is -2.43. The Hall–Kier alpha value is -5.96. The van der Waals surface area contributed by atoms with Crippen LogP contribution in [0.4, 0.5) is 0 Å². The maximum absolute atomic E-state index is 9.66. The van der Waals surface area contributed by atoms with Crippen molar-refractivity contribution < 1.29 is 0 Å². The second-order valence-corrected chi connectivity index (χ2v) is 28.2. The Kier molecular flexibility index (Phi) is 18.8. The van der Waals surface area contributed by atoms with Crippen molar-refractivity contribution in [3.8, 4) is 33.4 Å². The highest BCUT2D eigenvalue weighted by atomic mass is 35.5. The summed E-state index contributed by atoms with van der Waals surface area (Å²) in [7, 11) is 0. The highest BCUT2D eigenvalue weighted by molar-refractivity contribution is 7.98. The van der Waals surface area contributed by atoms with E-state index in [1.54, 1.807) is 35.3 Å². The Balaban J connectivity index is 0.00000860. The van der Waals surface area contributed by atoms with Gasteiger partial charge in [0.15, 0.2) is 15.5 Å². The van der Waals surface area contributed by atoms with Crippen LogP contribution in [0.25, 0.3) is 33.4 Å². The molecule has 5 N–H and O–H groups in total. The highest BCUT2D eigenvalue weighted by Gasteiger charge is 2.48. The fraction of sp³-hybridized carbons (Fsp3) is 0.373. The molecular formula is C67H81ClN10S3. The van der Waals surface area contributed by atoms with Crippen LogP contribution < -0.4 is 5.73 Å². The topological polar surface area (TPSA) is 151 Å². The van der Waals surface area contributed by atoms with Crippen molar-refractivity contribution in [2.75, 3.05) is 0 Å².